The van der Waals surface area contributed by atoms with Crippen LogP contribution in [0, 0.1) is 0 Å². The van der Waals surface area contributed by atoms with Gasteiger partial charge in [-0.15, -0.1) is 0 Å². The predicted molar refractivity (Wildman–Crippen MR) is 103 cm³/mol. The molecule has 1 aliphatic heterocycles. The second-order valence-corrected chi connectivity index (χ2v) is 7.12. The lowest BCUT2D eigenvalue weighted by molar-refractivity contribution is -0.125. The molecule has 1 unspecified atom stereocenters. The summed E-state index contributed by atoms with van der Waals surface area (Å²) in [6.45, 7) is 4.41. The van der Waals surface area contributed by atoms with Gasteiger partial charge in [0.2, 0.25) is 11.8 Å². The van der Waals surface area contributed by atoms with Gasteiger partial charge in [-0.05, 0) is 31.9 Å². The normalized spacial score (nSPS) is 16.8. The van der Waals surface area contributed by atoms with Crippen molar-refractivity contribution in [2.75, 3.05) is 13.1 Å². The minimum absolute atomic E-state index is 0.0204. The Balaban J connectivity index is 1.26. The van der Waals surface area contributed by atoms with E-state index in [2.05, 4.69) is 25.3 Å². The van der Waals surface area contributed by atoms with Crippen molar-refractivity contribution in [1.29, 1.82) is 0 Å². The Labute approximate surface area is 163 Å². The molecule has 0 radical (unpaired) electrons. The molecule has 8 nitrogen and oxygen atoms in total. The van der Waals surface area contributed by atoms with E-state index in [-0.39, 0.29) is 18.0 Å². The molecule has 28 heavy (non-hydrogen) atoms. The molecule has 4 rings (SSSR count). The number of benzene rings is 1. The third-order valence-corrected chi connectivity index (χ3v) is 5.10. The maximum atomic E-state index is 12.4. The van der Waals surface area contributed by atoms with Gasteiger partial charge in [-0.1, -0.05) is 18.2 Å². The topological polar surface area (TPSA) is 89.1 Å². The first-order valence-electron chi connectivity index (χ1n) is 9.55. The highest BCUT2D eigenvalue weighted by atomic mass is 16.3. The number of hydrogen-bond acceptors (Lipinski definition) is 6. The molecule has 0 aliphatic carbocycles. The quantitative estimate of drug-likeness (QED) is 0.706. The summed E-state index contributed by atoms with van der Waals surface area (Å²) in [7, 11) is 0. The van der Waals surface area contributed by atoms with Crippen molar-refractivity contribution >= 4 is 5.91 Å². The number of oxazole rings is 1. The summed E-state index contributed by atoms with van der Waals surface area (Å²) in [4.78, 5) is 23.2. The van der Waals surface area contributed by atoms with E-state index in [1.165, 1.54) is 6.33 Å². The standard InChI is InChI=1S/C20H24N6O2/c1-15(26-14-21-13-22-26)19(27)23-17-7-9-25(10-8-17)11-18-12-28-20(24-18)16-5-3-2-4-6-16/h2-6,12-15,17H,7-11H2,1H3,(H,23,27). The highest BCUT2D eigenvalue weighted by molar-refractivity contribution is 5.80. The van der Waals surface area contributed by atoms with E-state index in [4.69, 9.17) is 4.42 Å². The van der Waals surface area contributed by atoms with Crippen molar-refractivity contribution in [3.05, 3.63) is 54.9 Å². The second kappa shape index (κ2) is 8.35. The van der Waals surface area contributed by atoms with Crippen LogP contribution in [0.25, 0.3) is 11.5 Å². The van der Waals surface area contributed by atoms with Gasteiger partial charge < -0.3 is 9.73 Å². The molecule has 1 aliphatic rings. The van der Waals surface area contributed by atoms with Crippen molar-refractivity contribution in [3.8, 4) is 11.5 Å². The van der Waals surface area contributed by atoms with Gasteiger partial charge in [0.25, 0.3) is 0 Å². The van der Waals surface area contributed by atoms with Crippen LogP contribution in [0.3, 0.4) is 0 Å². The number of carbonyl (C=O) groups is 1. The number of aromatic nitrogens is 4. The first kappa shape index (κ1) is 18.4. The van der Waals surface area contributed by atoms with Crippen LogP contribution in [0.2, 0.25) is 0 Å². The Bertz CT molecular complexity index is 885. The van der Waals surface area contributed by atoms with E-state index in [1.807, 2.05) is 37.3 Å². The lowest BCUT2D eigenvalue weighted by Crippen LogP contribution is -2.46. The van der Waals surface area contributed by atoms with Gasteiger partial charge in [0.1, 0.15) is 25.0 Å². The summed E-state index contributed by atoms with van der Waals surface area (Å²) < 4.78 is 7.19. The molecular formula is C20H24N6O2. The molecule has 1 fully saturated rings. The fourth-order valence-electron chi connectivity index (χ4n) is 3.42. The van der Waals surface area contributed by atoms with E-state index in [0.29, 0.717) is 5.89 Å². The summed E-state index contributed by atoms with van der Waals surface area (Å²) in [5, 5.41) is 7.16. The van der Waals surface area contributed by atoms with Crippen LogP contribution in [0.15, 0.2) is 53.7 Å². The molecular weight excluding hydrogens is 356 g/mol. The zero-order valence-electron chi connectivity index (χ0n) is 15.9. The van der Waals surface area contributed by atoms with Gasteiger partial charge in [-0.2, -0.15) is 5.10 Å². The van der Waals surface area contributed by atoms with Gasteiger partial charge >= 0.3 is 0 Å². The Kier molecular flexibility index (Phi) is 5.48. The maximum Gasteiger partial charge on any atom is 0.244 e. The van der Waals surface area contributed by atoms with Gasteiger partial charge in [0, 0.05) is 31.2 Å². The number of nitrogens with one attached hydrogen (secondary N) is 1. The lowest BCUT2D eigenvalue weighted by Gasteiger charge is -2.32. The number of nitrogens with zero attached hydrogens (tertiary/aromatic N) is 5. The summed E-state index contributed by atoms with van der Waals surface area (Å²) in [5.74, 6) is 0.632. The zero-order valence-corrected chi connectivity index (χ0v) is 15.9. The third-order valence-electron chi connectivity index (χ3n) is 5.10. The van der Waals surface area contributed by atoms with Crippen LogP contribution in [-0.4, -0.2) is 49.7 Å². The van der Waals surface area contributed by atoms with Crippen LogP contribution in [0.4, 0.5) is 0 Å². The fourth-order valence-corrected chi connectivity index (χ4v) is 3.42. The summed E-state index contributed by atoms with van der Waals surface area (Å²) >= 11 is 0. The highest BCUT2D eigenvalue weighted by Crippen LogP contribution is 2.20. The minimum atomic E-state index is -0.355. The highest BCUT2D eigenvalue weighted by Gasteiger charge is 2.24. The number of carbonyl (C=O) groups excluding carboxylic acids is 1. The minimum Gasteiger partial charge on any atom is -0.444 e. The van der Waals surface area contributed by atoms with Gasteiger partial charge in [-0.25, -0.2) is 14.6 Å². The Morgan fingerprint density at radius 3 is 2.79 bits per heavy atom. The van der Waals surface area contributed by atoms with Crippen molar-refractivity contribution in [3.63, 3.8) is 0 Å². The molecule has 0 bridgehead atoms. The van der Waals surface area contributed by atoms with Crippen LogP contribution < -0.4 is 5.32 Å². The summed E-state index contributed by atoms with van der Waals surface area (Å²) in [6, 6.07) is 9.74. The lowest BCUT2D eigenvalue weighted by atomic mass is 10.0. The summed E-state index contributed by atoms with van der Waals surface area (Å²) in [6.07, 6.45) is 6.57. The molecule has 0 saturated carbocycles. The van der Waals surface area contributed by atoms with Gasteiger partial charge in [0.15, 0.2) is 0 Å². The molecule has 1 atom stereocenters. The van der Waals surface area contributed by atoms with Crippen molar-refractivity contribution in [1.82, 2.24) is 30.0 Å². The predicted octanol–water partition coefficient (Wildman–Crippen LogP) is 2.27. The van der Waals surface area contributed by atoms with E-state index in [0.717, 1.165) is 43.7 Å². The SMILES string of the molecule is CC(C(=O)NC1CCN(Cc2coc(-c3ccccc3)n2)CC1)n1cncn1. The number of hydrogen-bond donors (Lipinski definition) is 1. The van der Waals surface area contributed by atoms with E-state index >= 15 is 0 Å². The number of rotatable bonds is 6. The van der Waals surface area contributed by atoms with Crippen LogP contribution in [-0.2, 0) is 11.3 Å². The van der Waals surface area contributed by atoms with Gasteiger partial charge in [0.05, 0.1) is 5.69 Å². The monoisotopic (exact) mass is 380 g/mol. The van der Waals surface area contributed by atoms with Crippen LogP contribution in [0.1, 0.15) is 31.5 Å². The van der Waals surface area contributed by atoms with Crippen molar-refractivity contribution in [2.45, 2.75) is 38.4 Å². The Hall–Kier alpha value is -3.00. The molecule has 146 valence electrons. The third kappa shape index (κ3) is 4.28. The largest absolute Gasteiger partial charge is 0.444 e. The van der Waals surface area contributed by atoms with Crippen LogP contribution >= 0.6 is 0 Å². The van der Waals surface area contributed by atoms with Crippen LogP contribution in [0.5, 0.6) is 0 Å². The average Bonchev–Trinajstić information content (AvgIpc) is 3.42. The number of amides is 1. The molecule has 0 spiro atoms. The molecule has 3 aromatic rings. The average molecular weight is 380 g/mol. The second-order valence-electron chi connectivity index (χ2n) is 7.12. The molecule has 2 aromatic heterocycles. The van der Waals surface area contributed by atoms with Crippen molar-refractivity contribution in [2.24, 2.45) is 0 Å². The van der Waals surface area contributed by atoms with E-state index < -0.39 is 0 Å². The summed E-state index contributed by atoms with van der Waals surface area (Å²) in [5.41, 5.74) is 1.91. The first-order valence-corrected chi connectivity index (χ1v) is 9.55. The Morgan fingerprint density at radius 1 is 1.29 bits per heavy atom. The van der Waals surface area contributed by atoms with Gasteiger partial charge in [-0.3, -0.25) is 9.69 Å². The molecule has 3 heterocycles. The smallest absolute Gasteiger partial charge is 0.244 e. The van der Waals surface area contributed by atoms with E-state index in [1.54, 1.807) is 17.3 Å². The number of likely N-dealkylation sites (tertiary alicyclic amines) is 1. The Morgan fingerprint density at radius 2 is 2.07 bits per heavy atom. The molecule has 1 N–H and O–H groups in total. The molecule has 1 amide bonds. The van der Waals surface area contributed by atoms with Crippen molar-refractivity contribution < 1.29 is 9.21 Å². The molecule has 1 aromatic carbocycles. The molecule has 1 saturated heterocycles. The fraction of sp³-hybridized carbons (Fsp3) is 0.400. The van der Waals surface area contributed by atoms with E-state index in [9.17, 15) is 4.79 Å². The number of piperidine rings is 1. The molecule has 8 heteroatoms. The zero-order chi connectivity index (χ0) is 19.3. The first-order chi connectivity index (χ1) is 13.7. The maximum absolute atomic E-state index is 12.4.